The molecule has 0 aromatic heterocycles. The van der Waals surface area contributed by atoms with E-state index in [1.54, 1.807) is 0 Å². The predicted molar refractivity (Wildman–Crippen MR) is 79.7 cm³/mol. The standard InChI is InChI=1S/C13H19ClN2O2S/c1-10-9-19(17,18)7-6-16(10)12-3-2-11(4-5-15)13(14)8-12/h2-3,8,10H,4-7,9,15H2,1H3. The van der Waals surface area contributed by atoms with E-state index in [1.807, 2.05) is 25.1 Å². The van der Waals surface area contributed by atoms with Crippen LogP contribution >= 0.6 is 11.6 Å². The lowest BCUT2D eigenvalue weighted by molar-refractivity contribution is 0.568. The number of nitrogens with zero attached hydrogens (tertiary/aromatic N) is 1. The van der Waals surface area contributed by atoms with Gasteiger partial charge >= 0.3 is 0 Å². The van der Waals surface area contributed by atoms with Crippen molar-refractivity contribution < 1.29 is 8.42 Å². The molecular formula is C13H19ClN2O2S. The second kappa shape index (κ2) is 5.69. The third kappa shape index (κ3) is 3.41. The molecule has 4 nitrogen and oxygen atoms in total. The third-order valence-corrected chi connectivity index (χ3v) is 5.60. The first-order valence-electron chi connectivity index (χ1n) is 6.38. The van der Waals surface area contributed by atoms with Crippen molar-refractivity contribution in [3.63, 3.8) is 0 Å². The number of hydrogen-bond donors (Lipinski definition) is 1. The molecular weight excluding hydrogens is 284 g/mol. The number of benzene rings is 1. The molecule has 0 amide bonds. The summed E-state index contributed by atoms with van der Waals surface area (Å²) >= 11 is 6.23. The smallest absolute Gasteiger partial charge is 0.154 e. The summed E-state index contributed by atoms with van der Waals surface area (Å²) in [5.74, 6) is 0.411. The summed E-state index contributed by atoms with van der Waals surface area (Å²) in [7, 11) is -2.89. The zero-order chi connectivity index (χ0) is 14.0. The summed E-state index contributed by atoms with van der Waals surface area (Å²) in [5.41, 5.74) is 7.54. The van der Waals surface area contributed by atoms with Crippen molar-refractivity contribution in [2.75, 3.05) is 29.5 Å². The Labute approximate surface area is 119 Å². The fourth-order valence-electron chi connectivity index (χ4n) is 2.46. The van der Waals surface area contributed by atoms with Crippen LogP contribution in [-0.4, -0.2) is 39.1 Å². The Bertz CT molecular complexity index is 560. The molecule has 1 fully saturated rings. The van der Waals surface area contributed by atoms with E-state index in [0.29, 0.717) is 18.1 Å². The quantitative estimate of drug-likeness (QED) is 0.918. The van der Waals surface area contributed by atoms with E-state index >= 15 is 0 Å². The zero-order valence-corrected chi connectivity index (χ0v) is 12.5. The molecule has 0 radical (unpaired) electrons. The number of sulfone groups is 1. The highest BCUT2D eigenvalue weighted by Crippen LogP contribution is 2.27. The van der Waals surface area contributed by atoms with Gasteiger partial charge in [-0.1, -0.05) is 17.7 Å². The second-order valence-corrected chi connectivity index (χ2v) is 7.61. The largest absolute Gasteiger partial charge is 0.367 e. The highest BCUT2D eigenvalue weighted by atomic mass is 35.5. The van der Waals surface area contributed by atoms with Crippen LogP contribution in [0.2, 0.25) is 5.02 Å². The molecule has 2 rings (SSSR count). The molecule has 0 bridgehead atoms. The summed E-state index contributed by atoms with van der Waals surface area (Å²) in [5, 5.41) is 0.698. The van der Waals surface area contributed by atoms with E-state index in [4.69, 9.17) is 17.3 Å². The molecule has 0 spiro atoms. The molecule has 0 saturated carbocycles. The van der Waals surface area contributed by atoms with Gasteiger partial charge in [0, 0.05) is 23.3 Å². The highest BCUT2D eigenvalue weighted by molar-refractivity contribution is 7.91. The van der Waals surface area contributed by atoms with Crippen LogP contribution in [0, 0.1) is 0 Å². The van der Waals surface area contributed by atoms with Crippen molar-refractivity contribution in [1.82, 2.24) is 0 Å². The van der Waals surface area contributed by atoms with E-state index < -0.39 is 9.84 Å². The normalized spacial score (nSPS) is 22.5. The van der Waals surface area contributed by atoms with Crippen molar-refractivity contribution in [2.45, 2.75) is 19.4 Å². The fourth-order valence-corrected chi connectivity index (χ4v) is 4.28. The van der Waals surface area contributed by atoms with Gasteiger partial charge in [0.2, 0.25) is 0 Å². The van der Waals surface area contributed by atoms with Crippen LogP contribution in [0.5, 0.6) is 0 Å². The minimum absolute atomic E-state index is 0.0184. The SMILES string of the molecule is CC1CS(=O)(=O)CCN1c1ccc(CCN)c(Cl)c1. The number of hydrogen-bond acceptors (Lipinski definition) is 4. The van der Waals surface area contributed by atoms with Crippen LogP contribution in [0.25, 0.3) is 0 Å². The number of halogens is 1. The molecule has 1 unspecified atom stereocenters. The van der Waals surface area contributed by atoms with Crippen molar-refractivity contribution in [3.8, 4) is 0 Å². The van der Waals surface area contributed by atoms with E-state index in [-0.39, 0.29) is 17.5 Å². The van der Waals surface area contributed by atoms with E-state index in [2.05, 4.69) is 4.90 Å². The van der Waals surface area contributed by atoms with Crippen LogP contribution in [0.1, 0.15) is 12.5 Å². The molecule has 2 N–H and O–H groups in total. The lowest BCUT2D eigenvalue weighted by Crippen LogP contribution is -2.47. The summed E-state index contributed by atoms with van der Waals surface area (Å²) < 4.78 is 23.2. The first-order valence-corrected chi connectivity index (χ1v) is 8.58. The molecule has 1 saturated heterocycles. The van der Waals surface area contributed by atoms with Crippen molar-refractivity contribution in [3.05, 3.63) is 28.8 Å². The Morgan fingerprint density at radius 2 is 2.21 bits per heavy atom. The fraction of sp³-hybridized carbons (Fsp3) is 0.538. The Morgan fingerprint density at radius 3 is 2.79 bits per heavy atom. The lowest BCUT2D eigenvalue weighted by Gasteiger charge is -2.35. The van der Waals surface area contributed by atoms with Crippen LogP contribution in [-0.2, 0) is 16.3 Å². The van der Waals surface area contributed by atoms with E-state index in [0.717, 1.165) is 17.7 Å². The average molecular weight is 303 g/mol. The Balaban J connectivity index is 2.21. The van der Waals surface area contributed by atoms with Gasteiger partial charge in [0.25, 0.3) is 0 Å². The molecule has 1 atom stereocenters. The molecule has 1 aliphatic heterocycles. The van der Waals surface area contributed by atoms with Crippen LogP contribution in [0.3, 0.4) is 0 Å². The van der Waals surface area contributed by atoms with Gasteiger partial charge in [-0.2, -0.15) is 0 Å². The first-order chi connectivity index (χ1) is 8.93. The zero-order valence-electron chi connectivity index (χ0n) is 11.0. The van der Waals surface area contributed by atoms with Crippen molar-refractivity contribution in [2.24, 2.45) is 5.73 Å². The molecule has 19 heavy (non-hydrogen) atoms. The molecule has 1 aromatic rings. The van der Waals surface area contributed by atoms with Crippen molar-refractivity contribution in [1.29, 1.82) is 0 Å². The molecule has 1 heterocycles. The summed E-state index contributed by atoms with van der Waals surface area (Å²) in [6.45, 7) is 3.02. The van der Waals surface area contributed by atoms with Gasteiger partial charge in [-0.3, -0.25) is 0 Å². The van der Waals surface area contributed by atoms with Gasteiger partial charge in [0.15, 0.2) is 9.84 Å². The van der Waals surface area contributed by atoms with E-state index in [1.165, 1.54) is 0 Å². The Kier molecular flexibility index (Phi) is 4.38. The maximum Gasteiger partial charge on any atom is 0.154 e. The third-order valence-electron chi connectivity index (χ3n) is 3.45. The van der Waals surface area contributed by atoms with Gasteiger partial charge in [0.1, 0.15) is 0 Å². The first kappa shape index (κ1) is 14.6. The van der Waals surface area contributed by atoms with Gasteiger partial charge in [-0.25, -0.2) is 8.42 Å². The molecule has 0 aliphatic carbocycles. The summed E-state index contributed by atoms with van der Waals surface area (Å²) in [6, 6.07) is 5.85. The molecule has 1 aliphatic rings. The average Bonchev–Trinajstić information content (AvgIpc) is 2.31. The predicted octanol–water partition coefficient (Wildman–Crippen LogP) is 1.46. The number of anilines is 1. The molecule has 1 aromatic carbocycles. The minimum atomic E-state index is -2.89. The van der Waals surface area contributed by atoms with Crippen LogP contribution < -0.4 is 10.6 Å². The summed E-state index contributed by atoms with van der Waals surface area (Å²) in [6.07, 6.45) is 0.753. The Hall–Kier alpha value is -0.780. The van der Waals surface area contributed by atoms with Crippen molar-refractivity contribution >= 4 is 27.1 Å². The molecule has 6 heteroatoms. The highest BCUT2D eigenvalue weighted by Gasteiger charge is 2.28. The second-order valence-electron chi connectivity index (χ2n) is 4.97. The van der Waals surface area contributed by atoms with Crippen LogP contribution in [0.4, 0.5) is 5.69 Å². The van der Waals surface area contributed by atoms with Crippen LogP contribution in [0.15, 0.2) is 18.2 Å². The van der Waals surface area contributed by atoms with E-state index in [9.17, 15) is 8.42 Å². The summed E-state index contributed by atoms with van der Waals surface area (Å²) in [4.78, 5) is 2.10. The lowest BCUT2D eigenvalue weighted by atomic mass is 10.1. The minimum Gasteiger partial charge on any atom is -0.367 e. The van der Waals surface area contributed by atoms with Gasteiger partial charge in [-0.05, 0) is 37.6 Å². The maximum absolute atomic E-state index is 11.6. The monoisotopic (exact) mass is 302 g/mol. The number of nitrogens with two attached hydrogens (primary N) is 1. The van der Waals surface area contributed by atoms with Gasteiger partial charge in [-0.15, -0.1) is 0 Å². The van der Waals surface area contributed by atoms with Gasteiger partial charge < -0.3 is 10.6 Å². The Morgan fingerprint density at radius 1 is 1.47 bits per heavy atom. The molecule has 106 valence electrons. The topological polar surface area (TPSA) is 63.4 Å². The number of rotatable bonds is 3. The maximum atomic E-state index is 11.6. The van der Waals surface area contributed by atoms with Gasteiger partial charge in [0.05, 0.1) is 11.5 Å².